The molecule has 2 aromatic rings. The molecule has 0 aromatic heterocycles. The number of halogens is 3. The largest absolute Gasteiger partial charge is 0.389 e. The summed E-state index contributed by atoms with van der Waals surface area (Å²) in [6.07, 6.45) is 0. The molecule has 2 rings (SSSR count). The van der Waals surface area contributed by atoms with Crippen LogP contribution in [0.25, 0.3) is 0 Å². The van der Waals surface area contributed by atoms with Gasteiger partial charge < -0.3 is 11.1 Å². The molecule has 0 unspecified atom stereocenters. The van der Waals surface area contributed by atoms with E-state index in [0.29, 0.717) is 32.0 Å². The van der Waals surface area contributed by atoms with Crippen LogP contribution in [0.1, 0.15) is 11.1 Å². The maximum Gasteiger partial charge on any atom is 0.107 e. The van der Waals surface area contributed by atoms with Crippen molar-refractivity contribution in [2.75, 3.05) is 5.32 Å². The third-order valence-electron chi connectivity index (χ3n) is 2.78. The quantitative estimate of drug-likeness (QED) is 0.738. The van der Waals surface area contributed by atoms with Crippen molar-refractivity contribution in [2.45, 2.75) is 6.92 Å². The number of hydrogen-bond donors (Lipinski definition) is 2. The lowest BCUT2D eigenvalue weighted by molar-refractivity contribution is 1.45. The summed E-state index contributed by atoms with van der Waals surface area (Å²) in [5.74, 6) is 0. The van der Waals surface area contributed by atoms with Gasteiger partial charge in [-0.2, -0.15) is 0 Å². The Hall–Kier alpha value is -1.00. The van der Waals surface area contributed by atoms with Gasteiger partial charge in [-0.1, -0.05) is 53.1 Å². The lowest BCUT2D eigenvalue weighted by Gasteiger charge is -2.14. The Labute approximate surface area is 137 Å². The molecule has 0 fully saturated rings. The summed E-state index contributed by atoms with van der Waals surface area (Å²) < 4.78 is 0. The van der Waals surface area contributed by atoms with Gasteiger partial charge in [-0.3, -0.25) is 0 Å². The first-order valence-electron chi connectivity index (χ1n) is 5.71. The third-order valence-corrected chi connectivity index (χ3v) is 4.02. The summed E-state index contributed by atoms with van der Waals surface area (Å²) in [5, 5.41) is 4.82. The van der Waals surface area contributed by atoms with Gasteiger partial charge in [-0.05, 0) is 36.8 Å². The lowest BCUT2D eigenvalue weighted by Crippen LogP contribution is -2.12. The lowest BCUT2D eigenvalue weighted by atomic mass is 10.1. The van der Waals surface area contributed by atoms with E-state index in [2.05, 4.69) is 5.32 Å². The minimum absolute atomic E-state index is 0.215. The van der Waals surface area contributed by atoms with Crippen LogP contribution in [0.3, 0.4) is 0 Å². The summed E-state index contributed by atoms with van der Waals surface area (Å²) >= 11 is 23.5. The molecule has 0 atom stereocenters. The molecule has 0 aliphatic rings. The van der Waals surface area contributed by atoms with E-state index in [1.165, 1.54) is 0 Å². The van der Waals surface area contributed by atoms with Crippen molar-refractivity contribution >= 4 is 63.4 Å². The van der Waals surface area contributed by atoms with Crippen molar-refractivity contribution in [3.05, 3.63) is 56.5 Å². The van der Waals surface area contributed by atoms with Crippen molar-refractivity contribution < 1.29 is 0 Å². The Morgan fingerprint density at radius 2 is 1.75 bits per heavy atom. The Bertz CT molecular complexity index is 686. The number of rotatable bonds is 3. The van der Waals surface area contributed by atoms with Crippen LogP contribution in [0.4, 0.5) is 11.4 Å². The first kappa shape index (κ1) is 15.4. The van der Waals surface area contributed by atoms with Gasteiger partial charge in [0, 0.05) is 5.02 Å². The van der Waals surface area contributed by atoms with E-state index in [0.717, 1.165) is 5.56 Å². The second kappa shape index (κ2) is 6.19. The fourth-order valence-corrected chi connectivity index (χ4v) is 2.75. The molecule has 3 N–H and O–H groups in total. The fourth-order valence-electron chi connectivity index (χ4n) is 1.77. The van der Waals surface area contributed by atoms with Crippen molar-refractivity contribution in [2.24, 2.45) is 5.73 Å². The predicted octanol–water partition coefficient (Wildman–Crippen LogP) is 5.33. The van der Waals surface area contributed by atoms with Gasteiger partial charge in [-0.15, -0.1) is 0 Å². The molecule has 0 aliphatic carbocycles. The number of thiocarbonyl (C=S) groups is 1. The summed E-state index contributed by atoms with van der Waals surface area (Å²) in [6.45, 7) is 1.89. The number of benzene rings is 2. The van der Waals surface area contributed by atoms with Crippen LogP contribution in [0, 0.1) is 6.92 Å². The Kier molecular flexibility index (Phi) is 4.76. The highest BCUT2D eigenvalue weighted by molar-refractivity contribution is 7.80. The van der Waals surface area contributed by atoms with E-state index in [-0.39, 0.29) is 4.99 Å². The first-order valence-corrected chi connectivity index (χ1v) is 7.25. The SMILES string of the molecule is Cc1cc(Cl)c(Nc2cccc(Cl)c2C(N)=S)cc1Cl. The molecule has 0 aliphatic heterocycles. The van der Waals surface area contributed by atoms with E-state index in [1.807, 2.05) is 13.0 Å². The van der Waals surface area contributed by atoms with Gasteiger partial charge in [0.05, 0.1) is 27.0 Å². The number of hydrogen-bond acceptors (Lipinski definition) is 2. The van der Waals surface area contributed by atoms with Crippen LogP contribution >= 0.6 is 47.0 Å². The van der Waals surface area contributed by atoms with Gasteiger partial charge in [0.1, 0.15) is 4.99 Å². The summed E-state index contributed by atoms with van der Waals surface area (Å²) in [4.78, 5) is 0.215. The topological polar surface area (TPSA) is 38.0 Å². The summed E-state index contributed by atoms with van der Waals surface area (Å²) in [7, 11) is 0. The van der Waals surface area contributed by atoms with Gasteiger partial charge in [-0.25, -0.2) is 0 Å². The molecule has 20 heavy (non-hydrogen) atoms. The Morgan fingerprint density at radius 3 is 2.40 bits per heavy atom. The standard InChI is InChI=1S/C14H11Cl3N2S/c1-7-5-10(17)12(6-9(7)16)19-11-4-2-3-8(15)13(11)14(18)20/h2-6,19H,1H3,(H2,18,20). The molecule has 0 bridgehead atoms. The molecular formula is C14H11Cl3N2S. The molecule has 2 nitrogen and oxygen atoms in total. The molecule has 0 saturated carbocycles. The predicted molar refractivity (Wildman–Crippen MR) is 91.8 cm³/mol. The number of nitrogens with one attached hydrogen (secondary N) is 1. The van der Waals surface area contributed by atoms with Gasteiger partial charge in [0.2, 0.25) is 0 Å². The second-order valence-corrected chi connectivity index (χ2v) is 5.89. The molecule has 0 radical (unpaired) electrons. The number of aryl methyl sites for hydroxylation is 1. The smallest absolute Gasteiger partial charge is 0.107 e. The summed E-state index contributed by atoms with van der Waals surface area (Å²) in [6, 6.07) is 8.90. The van der Waals surface area contributed by atoms with Crippen molar-refractivity contribution in [1.82, 2.24) is 0 Å². The number of anilines is 2. The third kappa shape index (κ3) is 3.18. The maximum absolute atomic E-state index is 6.20. The average Bonchev–Trinajstić information content (AvgIpc) is 2.35. The average molecular weight is 346 g/mol. The van der Waals surface area contributed by atoms with E-state index in [4.69, 9.17) is 52.8 Å². The maximum atomic E-state index is 6.20. The highest BCUT2D eigenvalue weighted by Crippen LogP contribution is 2.33. The first-order chi connectivity index (χ1) is 9.40. The Morgan fingerprint density at radius 1 is 1.05 bits per heavy atom. The molecule has 6 heteroatoms. The number of nitrogens with two attached hydrogens (primary N) is 1. The monoisotopic (exact) mass is 344 g/mol. The van der Waals surface area contributed by atoms with Crippen LogP contribution in [0.15, 0.2) is 30.3 Å². The molecule has 104 valence electrons. The Balaban J connectivity index is 2.48. The van der Waals surface area contributed by atoms with Crippen LogP contribution in [0.2, 0.25) is 15.1 Å². The minimum Gasteiger partial charge on any atom is -0.389 e. The molecule has 0 amide bonds. The van der Waals surface area contributed by atoms with Crippen LogP contribution in [-0.2, 0) is 0 Å². The molecular weight excluding hydrogens is 335 g/mol. The van der Waals surface area contributed by atoms with Gasteiger partial charge >= 0.3 is 0 Å². The van der Waals surface area contributed by atoms with Crippen LogP contribution < -0.4 is 11.1 Å². The molecule has 0 spiro atoms. The summed E-state index contributed by atoms with van der Waals surface area (Å²) in [5.41, 5.74) is 8.55. The van der Waals surface area contributed by atoms with Crippen LogP contribution in [0.5, 0.6) is 0 Å². The van der Waals surface area contributed by atoms with E-state index >= 15 is 0 Å². The second-order valence-electron chi connectivity index (χ2n) is 4.23. The molecule has 0 heterocycles. The fraction of sp³-hybridized carbons (Fsp3) is 0.0714. The van der Waals surface area contributed by atoms with Crippen LogP contribution in [-0.4, -0.2) is 4.99 Å². The van der Waals surface area contributed by atoms with Gasteiger partial charge in [0.15, 0.2) is 0 Å². The van der Waals surface area contributed by atoms with Crippen molar-refractivity contribution in [1.29, 1.82) is 0 Å². The highest BCUT2D eigenvalue weighted by atomic mass is 35.5. The zero-order valence-corrected chi connectivity index (χ0v) is 13.6. The molecule has 0 saturated heterocycles. The normalized spacial score (nSPS) is 10.4. The zero-order chi connectivity index (χ0) is 14.9. The zero-order valence-electron chi connectivity index (χ0n) is 10.5. The van der Waals surface area contributed by atoms with E-state index in [9.17, 15) is 0 Å². The molecule has 2 aromatic carbocycles. The highest BCUT2D eigenvalue weighted by Gasteiger charge is 2.12. The van der Waals surface area contributed by atoms with Crippen molar-refractivity contribution in [3.8, 4) is 0 Å². The van der Waals surface area contributed by atoms with E-state index in [1.54, 1.807) is 24.3 Å². The van der Waals surface area contributed by atoms with E-state index < -0.39 is 0 Å². The van der Waals surface area contributed by atoms with Gasteiger partial charge in [0.25, 0.3) is 0 Å². The minimum atomic E-state index is 0.215. The van der Waals surface area contributed by atoms with Crippen molar-refractivity contribution in [3.63, 3.8) is 0 Å².